The lowest BCUT2D eigenvalue weighted by Gasteiger charge is -2.26. The maximum Gasteiger partial charge on any atom is 0.222 e. The van der Waals surface area contributed by atoms with Gasteiger partial charge < -0.3 is 15.1 Å². The van der Waals surface area contributed by atoms with Gasteiger partial charge in [0, 0.05) is 25.4 Å². The van der Waals surface area contributed by atoms with Gasteiger partial charge in [-0.2, -0.15) is 0 Å². The summed E-state index contributed by atoms with van der Waals surface area (Å²) in [5.41, 5.74) is 1.52. The number of rotatable bonds is 12. The van der Waals surface area contributed by atoms with Gasteiger partial charge in [-0.1, -0.05) is 56.9 Å². The molecule has 0 spiro atoms. The summed E-state index contributed by atoms with van der Waals surface area (Å²) in [5, 5.41) is 21.0. The second kappa shape index (κ2) is 12.9. The van der Waals surface area contributed by atoms with E-state index in [2.05, 4.69) is 30.9 Å². The normalized spacial score (nSPS) is 29.9. The smallest absolute Gasteiger partial charge is 0.222 e. The molecule has 1 amide bonds. The second-order valence-electron chi connectivity index (χ2n) is 10.8. The van der Waals surface area contributed by atoms with E-state index in [1.54, 1.807) is 0 Å². The number of piperidine rings is 1. The highest BCUT2D eigenvalue weighted by atomic mass is 16.3. The van der Waals surface area contributed by atoms with E-state index in [1.165, 1.54) is 31.3 Å². The zero-order valence-electron chi connectivity index (χ0n) is 20.6. The minimum Gasteiger partial charge on any atom is -0.392 e. The molecule has 2 N–H and O–H groups in total. The molecule has 0 aromatic heterocycles. The average Bonchev–Trinajstić information content (AvgIpc) is 3.30. The Hall–Kier alpha value is -1.13. The highest BCUT2D eigenvalue weighted by Gasteiger charge is 2.43. The van der Waals surface area contributed by atoms with Gasteiger partial charge in [0.15, 0.2) is 0 Å². The molecule has 3 aliphatic rings. The molecule has 1 saturated heterocycles. The Labute approximate surface area is 196 Å². The third-order valence-corrected chi connectivity index (χ3v) is 8.05. The lowest BCUT2D eigenvalue weighted by Crippen LogP contribution is -2.35. The fourth-order valence-corrected chi connectivity index (χ4v) is 6.14. The maximum absolute atomic E-state index is 12.3. The van der Waals surface area contributed by atoms with Crippen LogP contribution in [0.25, 0.3) is 0 Å². The van der Waals surface area contributed by atoms with Crippen LogP contribution in [-0.4, -0.2) is 46.3 Å². The van der Waals surface area contributed by atoms with E-state index in [-0.39, 0.29) is 12.0 Å². The predicted octanol–water partition coefficient (Wildman–Crippen LogP) is 5.64. The van der Waals surface area contributed by atoms with E-state index >= 15 is 0 Å². The van der Waals surface area contributed by atoms with Gasteiger partial charge in [-0.25, -0.2) is 0 Å². The van der Waals surface area contributed by atoms with Crippen LogP contribution in [0.2, 0.25) is 0 Å². The maximum atomic E-state index is 12.3. The zero-order valence-corrected chi connectivity index (χ0v) is 20.6. The molecule has 0 unspecified atom stereocenters. The molecule has 4 nitrogen and oxygen atoms in total. The van der Waals surface area contributed by atoms with Gasteiger partial charge in [0.25, 0.3) is 0 Å². The summed E-state index contributed by atoms with van der Waals surface area (Å²) >= 11 is 0. The standard InChI is InChI=1S/C28H47NO3/c1-3-4-10-21(2)17-24(30)13-14-25-26-19-22(18-23(26)20-27(25)31)11-6-7-12-28(32)29-15-8-5-9-16-29/h13-14,18,21,23-27,30-31H,3-12,15-17,19-20H2,1-2H3/t21-,23+,24-,25-,26+,27-/m1/s1. The van der Waals surface area contributed by atoms with Crippen LogP contribution in [0.3, 0.4) is 0 Å². The molecule has 3 rings (SSSR count). The van der Waals surface area contributed by atoms with Gasteiger partial charge in [0.2, 0.25) is 5.91 Å². The Balaban J connectivity index is 1.38. The SMILES string of the molecule is CCCC[C@@H](C)C[C@H](O)C=C[C@@H]1[C@H]2CC(CCCCC(=O)N3CCCCC3)=C[C@H]2C[C@H]1O. The Morgan fingerprint density at radius 3 is 2.75 bits per heavy atom. The third kappa shape index (κ3) is 7.45. The summed E-state index contributed by atoms with van der Waals surface area (Å²) < 4.78 is 0. The number of amides is 1. The molecule has 0 radical (unpaired) electrons. The number of likely N-dealkylation sites (tertiary alicyclic amines) is 1. The summed E-state index contributed by atoms with van der Waals surface area (Å²) in [7, 11) is 0. The molecular weight excluding hydrogens is 398 g/mol. The molecule has 1 heterocycles. The van der Waals surface area contributed by atoms with Crippen molar-refractivity contribution in [3.05, 3.63) is 23.8 Å². The molecule has 1 saturated carbocycles. The largest absolute Gasteiger partial charge is 0.392 e. The molecule has 32 heavy (non-hydrogen) atoms. The van der Waals surface area contributed by atoms with Crippen molar-refractivity contribution in [2.75, 3.05) is 13.1 Å². The monoisotopic (exact) mass is 445 g/mol. The molecule has 182 valence electrons. The van der Waals surface area contributed by atoms with Crippen molar-refractivity contribution in [3.63, 3.8) is 0 Å². The quantitative estimate of drug-likeness (QED) is 0.302. The lowest BCUT2D eigenvalue weighted by molar-refractivity contribution is -0.132. The third-order valence-electron chi connectivity index (χ3n) is 8.05. The summed E-state index contributed by atoms with van der Waals surface area (Å²) in [6, 6.07) is 0. The van der Waals surface area contributed by atoms with Crippen LogP contribution in [0, 0.1) is 23.7 Å². The highest BCUT2D eigenvalue weighted by molar-refractivity contribution is 5.76. The first-order chi connectivity index (χ1) is 15.5. The topological polar surface area (TPSA) is 60.8 Å². The minimum atomic E-state index is -0.403. The number of aliphatic hydroxyl groups excluding tert-OH is 2. The van der Waals surface area contributed by atoms with E-state index in [4.69, 9.17) is 0 Å². The van der Waals surface area contributed by atoms with Crippen molar-refractivity contribution in [2.24, 2.45) is 23.7 Å². The van der Waals surface area contributed by atoms with Crippen molar-refractivity contribution >= 4 is 5.91 Å². The number of carbonyl (C=O) groups is 1. The van der Waals surface area contributed by atoms with Gasteiger partial charge in [-0.15, -0.1) is 0 Å². The van der Waals surface area contributed by atoms with Gasteiger partial charge in [-0.3, -0.25) is 4.79 Å². The van der Waals surface area contributed by atoms with Crippen molar-refractivity contribution in [1.82, 2.24) is 4.90 Å². The minimum absolute atomic E-state index is 0.162. The number of hydrogen-bond acceptors (Lipinski definition) is 3. The van der Waals surface area contributed by atoms with Gasteiger partial charge in [0.05, 0.1) is 12.2 Å². The molecular formula is C28H47NO3. The van der Waals surface area contributed by atoms with Crippen molar-refractivity contribution in [1.29, 1.82) is 0 Å². The Kier molecular flexibility index (Phi) is 10.3. The number of aliphatic hydroxyl groups is 2. The summed E-state index contributed by atoms with van der Waals surface area (Å²) in [6.45, 7) is 6.34. The zero-order chi connectivity index (χ0) is 22.9. The number of allylic oxidation sites excluding steroid dienone is 2. The number of carbonyl (C=O) groups excluding carboxylic acids is 1. The molecule has 2 fully saturated rings. The first-order valence-corrected chi connectivity index (χ1v) is 13.5. The number of hydrogen-bond donors (Lipinski definition) is 2. The van der Waals surface area contributed by atoms with Crippen LogP contribution in [0.4, 0.5) is 0 Å². The van der Waals surface area contributed by atoms with Crippen LogP contribution in [0.5, 0.6) is 0 Å². The number of fused-ring (bicyclic) bond motifs is 1. The first-order valence-electron chi connectivity index (χ1n) is 13.5. The summed E-state index contributed by atoms with van der Waals surface area (Å²) in [4.78, 5) is 14.4. The summed E-state index contributed by atoms with van der Waals surface area (Å²) in [6.07, 6.45) is 19.6. The van der Waals surface area contributed by atoms with Gasteiger partial charge in [0.1, 0.15) is 0 Å². The van der Waals surface area contributed by atoms with Crippen LogP contribution in [0.1, 0.15) is 97.3 Å². The molecule has 0 aromatic rings. The Morgan fingerprint density at radius 1 is 1.22 bits per heavy atom. The lowest BCUT2D eigenvalue weighted by atomic mass is 9.88. The molecule has 4 heteroatoms. The molecule has 2 aliphatic carbocycles. The average molecular weight is 446 g/mol. The van der Waals surface area contributed by atoms with Crippen LogP contribution in [-0.2, 0) is 4.79 Å². The van der Waals surface area contributed by atoms with Crippen LogP contribution < -0.4 is 0 Å². The van der Waals surface area contributed by atoms with E-state index in [1.807, 2.05) is 6.08 Å². The van der Waals surface area contributed by atoms with Crippen molar-refractivity contribution < 1.29 is 15.0 Å². The molecule has 1 aliphatic heterocycles. The predicted molar refractivity (Wildman–Crippen MR) is 131 cm³/mol. The van der Waals surface area contributed by atoms with Crippen molar-refractivity contribution in [2.45, 2.75) is 110 Å². The number of unbranched alkanes of at least 4 members (excludes halogenated alkanes) is 2. The molecule has 0 bridgehead atoms. The summed E-state index contributed by atoms with van der Waals surface area (Å²) in [5.74, 6) is 2.01. The van der Waals surface area contributed by atoms with Crippen LogP contribution in [0.15, 0.2) is 23.8 Å². The van der Waals surface area contributed by atoms with E-state index in [0.29, 0.717) is 30.1 Å². The van der Waals surface area contributed by atoms with Gasteiger partial charge >= 0.3 is 0 Å². The van der Waals surface area contributed by atoms with Crippen molar-refractivity contribution in [3.8, 4) is 0 Å². The van der Waals surface area contributed by atoms with E-state index < -0.39 is 6.10 Å². The van der Waals surface area contributed by atoms with Gasteiger partial charge in [-0.05, 0) is 75.5 Å². The van der Waals surface area contributed by atoms with E-state index in [0.717, 1.165) is 64.5 Å². The fourth-order valence-electron chi connectivity index (χ4n) is 6.14. The highest BCUT2D eigenvalue weighted by Crippen LogP contribution is 2.48. The molecule has 6 atom stereocenters. The fraction of sp³-hybridized carbons (Fsp3) is 0.821. The Bertz CT molecular complexity index is 637. The number of nitrogens with zero attached hydrogens (tertiary/aromatic N) is 1. The van der Waals surface area contributed by atoms with Crippen LogP contribution >= 0.6 is 0 Å². The molecule has 0 aromatic carbocycles. The van der Waals surface area contributed by atoms with E-state index in [9.17, 15) is 15.0 Å². The Morgan fingerprint density at radius 2 is 2.00 bits per heavy atom. The first kappa shape index (κ1) is 25.5. The second-order valence-corrected chi connectivity index (χ2v) is 10.8.